The monoisotopic (exact) mass is 342 g/mol. The Hall–Kier alpha value is -3.02. The van der Waals surface area contributed by atoms with Crippen molar-refractivity contribution in [3.63, 3.8) is 0 Å². The zero-order chi connectivity index (χ0) is 18.1. The molecule has 0 heterocycles. The molecule has 0 spiro atoms. The van der Waals surface area contributed by atoms with E-state index in [0.29, 0.717) is 23.5 Å². The Morgan fingerprint density at radius 1 is 1.00 bits per heavy atom. The third kappa shape index (κ3) is 5.53. The Labute approximate surface area is 147 Å². The molecule has 132 valence electrons. The quantitative estimate of drug-likeness (QED) is 0.581. The van der Waals surface area contributed by atoms with Crippen LogP contribution in [0.1, 0.15) is 30.1 Å². The highest BCUT2D eigenvalue weighted by Gasteiger charge is 2.13. The lowest BCUT2D eigenvalue weighted by atomic mass is 10.2. The SMILES string of the molecule is CCCCOc1ccc(NC(=O)Nc2ccccc2C(=O)OC)cc1. The highest BCUT2D eigenvalue weighted by Crippen LogP contribution is 2.18. The maximum atomic E-state index is 12.1. The Morgan fingerprint density at radius 2 is 1.72 bits per heavy atom. The minimum atomic E-state index is -0.510. The van der Waals surface area contributed by atoms with Crippen molar-refractivity contribution < 1.29 is 19.1 Å². The molecule has 0 saturated carbocycles. The van der Waals surface area contributed by atoms with E-state index in [0.717, 1.165) is 18.6 Å². The number of esters is 1. The van der Waals surface area contributed by atoms with Gasteiger partial charge in [0.15, 0.2) is 0 Å². The number of anilines is 2. The molecule has 6 heteroatoms. The average Bonchev–Trinajstić information content (AvgIpc) is 2.63. The number of carbonyl (C=O) groups is 2. The molecule has 0 fully saturated rings. The van der Waals surface area contributed by atoms with Crippen LogP contribution >= 0.6 is 0 Å². The molecule has 0 aliphatic carbocycles. The summed E-state index contributed by atoms with van der Waals surface area (Å²) in [5.41, 5.74) is 1.29. The fraction of sp³-hybridized carbons (Fsp3) is 0.263. The molecule has 0 radical (unpaired) electrons. The molecule has 2 aromatic carbocycles. The van der Waals surface area contributed by atoms with Gasteiger partial charge in [-0.15, -0.1) is 0 Å². The number of benzene rings is 2. The van der Waals surface area contributed by atoms with E-state index in [1.807, 2.05) is 0 Å². The van der Waals surface area contributed by atoms with Gasteiger partial charge in [-0.1, -0.05) is 25.5 Å². The van der Waals surface area contributed by atoms with Crippen LogP contribution in [0.4, 0.5) is 16.2 Å². The number of carbonyl (C=O) groups excluding carboxylic acids is 2. The molecule has 2 aromatic rings. The van der Waals surface area contributed by atoms with Crippen molar-refractivity contribution in [2.75, 3.05) is 24.4 Å². The zero-order valence-electron chi connectivity index (χ0n) is 14.4. The van der Waals surface area contributed by atoms with Crippen molar-refractivity contribution in [1.82, 2.24) is 0 Å². The van der Waals surface area contributed by atoms with Crippen molar-refractivity contribution in [3.05, 3.63) is 54.1 Å². The minimum absolute atomic E-state index is 0.292. The van der Waals surface area contributed by atoms with Gasteiger partial charge in [-0.25, -0.2) is 9.59 Å². The molecular formula is C19H22N2O4. The van der Waals surface area contributed by atoms with E-state index in [4.69, 9.17) is 9.47 Å². The van der Waals surface area contributed by atoms with Gasteiger partial charge in [0, 0.05) is 5.69 Å². The molecular weight excluding hydrogens is 320 g/mol. The second kappa shape index (κ2) is 9.32. The van der Waals surface area contributed by atoms with Crippen LogP contribution in [0.25, 0.3) is 0 Å². The third-order valence-corrected chi connectivity index (χ3v) is 3.46. The number of amides is 2. The Balaban J connectivity index is 1.95. The molecule has 6 nitrogen and oxygen atoms in total. The first-order valence-corrected chi connectivity index (χ1v) is 8.12. The summed E-state index contributed by atoms with van der Waals surface area (Å²) in [6.45, 7) is 2.78. The molecule has 0 bridgehead atoms. The molecule has 0 aromatic heterocycles. The summed E-state index contributed by atoms with van der Waals surface area (Å²) in [6, 6.07) is 13.3. The smallest absolute Gasteiger partial charge is 0.339 e. The van der Waals surface area contributed by atoms with Crippen LogP contribution in [0.2, 0.25) is 0 Å². The first-order chi connectivity index (χ1) is 12.1. The fourth-order valence-electron chi connectivity index (χ4n) is 2.13. The molecule has 0 atom stereocenters. The predicted molar refractivity (Wildman–Crippen MR) is 97.3 cm³/mol. The molecule has 2 rings (SSSR count). The Morgan fingerprint density at radius 3 is 2.40 bits per heavy atom. The zero-order valence-corrected chi connectivity index (χ0v) is 14.4. The summed E-state index contributed by atoms with van der Waals surface area (Å²) in [5.74, 6) is 0.250. The molecule has 0 unspecified atom stereocenters. The molecule has 25 heavy (non-hydrogen) atoms. The van der Waals surface area contributed by atoms with Crippen molar-refractivity contribution in [2.24, 2.45) is 0 Å². The summed E-state index contributed by atoms with van der Waals surface area (Å²) in [6.07, 6.45) is 2.08. The van der Waals surface area contributed by atoms with Crippen LogP contribution < -0.4 is 15.4 Å². The number of unbranched alkanes of at least 4 members (excludes halogenated alkanes) is 1. The van der Waals surface area contributed by atoms with Crippen LogP contribution in [0.5, 0.6) is 5.75 Å². The van der Waals surface area contributed by atoms with Gasteiger partial charge in [0.25, 0.3) is 0 Å². The maximum absolute atomic E-state index is 12.1. The maximum Gasteiger partial charge on any atom is 0.339 e. The van der Waals surface area contributed by atoms with Crippen LogP contribution in [0, 0.1) is 0 Å². The van der Waals surface area contributed by atoms with E-state index in [9.17, 15) is 9.59 Å². The first-order valence-electron chi connectivity index (χ1n) is 8.12. The lowest BCUT2D eigenvalue weighted by Gasteiger charge is -2.11. The topological polar surface area (TPSA) is 76.7 Å². The summed E-state index contributed by atoms with van der Waals surface area (Å²) in [4.78, 5) is 23.8. The summed E-state index contributed by atoms with van der Waals surface area (Å²) in [5, 5.41) is 5.36. The summed E-state index contributed by atoms with van der Waals surface area (Å²) >= 11 is 0. The molecule has 2 amide bonds. The van der Waals surface area contributed by atoms with E-state index in [1.54, 1.807) is 48.5 Å². The van der Waals surface area contributed by atoms with Crippen LogP contribution in [0.3, 0.4) is 0 Å². The number of nitrogens with one attached hydrogen (secondary N) is 2. The van der Waals surface area contributed by atoms with E-state index < -0.39 is 12.0 Å². The van der Waals surface area contributed by atoms with Gasteiger partial charge in [-0.3, -0.25) is 0 Å². The number of para-hydroxylation sites is 1. The van der Waals surface area contributed by atoms with Crippen molar-refractivity contribution >= 4 is 23.4 Å². The predicted octanol–water partition coefficient (Wildman–Crippen LogP) is 4.30. The van der Waals surface area contributed by atoms with E-state index in [1.165, 1.54) is 7.11 Å². The number of rotatable bonds is 7. The van der Waals surface area contributed by atoms with E-state index >= 15 is 0 Å². The van der Waals surface area contributed by atoms with Gasteiger partial charge in [0.2, 0.25) is 0 Å². The number of methoxy groups -OCH3 is 1. The van der Waals surface area contributed by atoms with Crippen molar-refractivity contribution in [3.8, 4) is 5.75 Å². The van der Waals surface area contributed by atoms with Crippen LogP contribution in [0.15, 0.2) is 48.5 Å². The number of ether oxygens (including phenoxy) is 2. The van der Waals surface area contributed by atoms with E-state index in [2.05, 4.69) is 17.6 Å². The number of hydrogen-bond donors (Lipinski definition) is 2. The lowest BCUT2D eigenvalue weighted by molar-refractivity contribution is 0.0602. The molecule has 2 N–H and O–H groups in total. The lowest BCUT2D eigenvalue weighted by Crippen LogP contribution is -2.21. The average molecular weight is 342 g/mol. The van der Waals surface area contributed by atoms with Gasteiger partial charge in [-0.2, -0.15) is 0 Å². The van der Waals surface area contributed by atoms with Crippen LogP contribution in [-0.4, -0.2) is 25.7 Å². The van der Waals surface area contributed by atoms with Gasteiger partial charge in [-0.05, 0) is 42.8 Å². The molecule has 0 aliphatic rings. The Kier molecular flexibility index (Phi) is 6.83. The van der Waals surface area contributed by atoms with E-state index in [-0.39, 0.29) is 0 Å². The van der Waals surface area contributed by atoms with Gasteiger partial charge in [0.05, 0.1) is 25.0 Å². The Bertz CT molecular complexity index is 714. The number of urea groups is 1. The third-order valence-electron chi connectivity index (χ3n) is 3.46. The highest BCUT2D eigenvalue weighted by molar-refractivity contribution is 6.05. The van der Waals surface area contributed by atoms with Gasteiger partial charge in [0.1, 0.15) is 5.75 Å². The van der Waals surface area contributed by atoms with Crippen molar-refractivity contribution in [2.45, 2.75) is 19.8 Å². The summed E-state index contributed by atoms with van der Waals surface area (Å²) in [7, 11) is 1.29. The van der Waals surface area contributed by atoms with Crippen LogP contribution in [-0.2, 0) is 4.74 Å². The normalized spacial score (nSPS) is 10.0. The minimum Gasteiger partial charge on any atom is -0.494 e. The first kappa shape index (κ1) is 18.3. The summed E-state index contributed by atoms with van der Waals surface area (Å²) < 4.78 is 10.3. The second-order valence-electron chi connectivity index (χ2n) is 5.34. The second-order valence-corrected chi connectivity index (χ2v) is 5.34. The highest BCUT2D eigenvalue weighted by atomic mass is 16.5. The number of hydrogen-bond acceptors (Lipinski definition) is 4. The molecule has 0 saturated heterocycles. The standard InChI is InChI=1S/C19H22N2O4/c1-3-4-13-25-15-11-9-14(10-12-15)20-19(23)21-17-8-6-5-7-16(17)18(22)24-2/h5-12H,3-4,13H2,1-2H3,(H2,20,21,23). The molecule has 0 aliphatic heterocycles. The van der Waals surface area contributed by atoms with Gasteiger partial charge < -0.3 is 20.1 Å². The van der Waals surface area contributed by atoms with Gasteiger partial charge >= 0.3 is 12.0 Å². The fourth-order valence-corrected chi connectivity index (χ4v) is 2.13. The van der Waals surface area contributed by atoms with Crippen molar-refractivity contribution in [1.29, 1.82) is 0 Å². The largest absolute Gasteiger partial charge is 0.494 e.